The van der Waals surface area contributed by atoms with Gasteiger partial charge < -0.3 is 56.2 Å². The average molecular weight is 1310 g/mol. The van der Waals surface area contributed by atoms with Crippen molar-refractivity contribution in [1.82, 2.24) is 56.4 Å². The first-order valence-electron chi connectivity index (χ1n) is 36.7. The van der Waals surface area contributed by atoms with Crippen molar-refractivity contribution in [3.05, 3.63) is 76.8 Å². The van der Waals surface area contributed by atoms with Gasteiger partial charge >= 0.3 is 6.36 Å². The molecule has 4 heterocycles. The van der Waals surface area contributed by atoms with Crippen LogP contribution in [0.3, 0.4) is 0 Å². The van der Waals surface area contributed by atoms with Gasteiger partial charge in [-0.15, -0.1) is 13.2 Å². The van der Waals surface area contributed by atoms with E-state index < -0.39 is 12.1 Å². The summed E-state index contributed by atoms with van der Waals surface area (Å²) in [4.78, 5) is 32.1. The summed E-state index contributed by atoms with van der Waals surface area (Å²) in [5.74, 6) is 2.15. The molecule has 3 saturated heterocycles. The molecule has 0 aromatic heterocycles. The van der Waals surface area contributed by atoms with Crippen molar-refractivity contribution in [2.75, 3.05) is 66.5 Å². The summed E-state index contributed by atoms with van der Waals surface area (Å²) in [5.41, 5.74) is 4.36. The van der Waals surface area contributed by atoms with E-state index in [1.807, 2.05) is 18.5 Å². The lowest BCUT2D eigenvalue weighted by atomic mass is 9.74. The van der Waals surface area contributed by atoms with Crippen LogP contribution < -0.4 is 36.6 Å². The van der Waals surface area contributed by atoms with Crippen LogP contribution in [0.4, 0.5) is 13.2 Å². The minimum absolute atomic E-state index is 0.0322. The quantitative estimate of drug-likeness (QED) is 0.119. The molecule has 3 saturated carbocycles. The summed E-state index contributed by atoms with van der Waals surface area (Å²) in [6, 6.07) is 6.61. The third kappa shape index (κ3) is 21.3. The van der Waals surface area contributed by atoms with Gasteiger partial charge in [-0.25, -0.2) is 0 Å². The number of nitrogens with zero attached hydrogens (tertiary/aromatic N) is 6. The van der Waals surface area contributed by atoms with Gasteiger partial charge in [0.15, 0.2) is 0 Å². The van der Waals surface area contributed by atoms with Crippen LogP contribution in [0.25, 0.3) is 0 Å². The lowest BCUT2D eigenvalue weighted by molar-refractivity contribution is -0.274. The molecule has 1 amide bonds. The molecule has 3 aliphatic carbocycles. The van der Waals surface area contributed by atoms with Crippen molar-refractivity contribution in [3.8, 4) is 5.75 Å². The van der Waals surface area contributed by atoms with Crippen molar-refractivity contribution >= 4 is 23.7 Å². The van der Waals surface area contributed by atoms with E-state index in [0.29, 0.717) is 61.0 Å². The first-order valence-corrected chi connectivity index (χ1v) is 37.1. The number of allylic oxidation sites excluding steroid dienone is 4. The third-order valence-electron chi connectivity index (χ3n) is 22.5. The Morgan fingerprint density at radius 2 is 1.54 bits per heavy atom. The Hall–Kier alpha value is -3.84. The number of nitrogens with one attached hydrogen (secondary N) is 6. The monoisotopic (exact) mass is 1300 g/mol. The molecule has 1 spiro atoms. The predicted octanol–water partition coefficient (Wildman–Crippen LogP) is 13.7. The molecule has 1 aromatic rings. The van der Waals surface area contributed by atoms with E-state index in [9.17, 15) is 18.0 Å². The molecule has 11 atom stereocenters. The minimum atomic E-state index is -4.83. The van der Waals surface area contributed by atoms with Crippen LogP contribution in [0.5, 0.6) is 5.75 Å². The zero-order valence-electron chi connectivity index (χ0n) is 58.7. The Bertz CT molecular complexity index is 2560. The molecule has 5 unspecified atom stereocenters. The van der Waals surface area contributed by atoms with Crippen molar-refractivity contribution in [2.45, 2.75) is 276 Å². The SMILES string of the molecule is CC[C@H](C)[C@H]1CN[C@@H](CC(C)C)C(C)NCC2[C@@H](C(=O)N3CCCCC3)C(C)N2[C@@H](C2CCCC2)C(C)NC2(CCCC2)CNCCN=CC=C(CCc2ccc(OC(F)(F)F)c(Cl)c2)NC=CN(C)C=C(CC2CCCCC2)N(C)C=C2CCCN2[C@@H](C)C(C)N1. The van der Waals surface area contributed by atoms with E-state index in [1.165, 1.54) is 94.5 Å². The molecule has 6 N–H and O–H groups in total. The van der Waals surface area contributed by atoms with Crippen LogP contribution in [0.2, 0.25) is 5.02 Å². The molecule has 0 bridgehead atoms. The first-order chi connectivity index (χ1) is 44.1. The number of ether oxygens (including phenoxy) is 1. The van der Waals surface area contributed by atoms with Crippen LogP contribution in [0.15, 0.2) is 71.2 Å². The number of aryl methyl sites for hydroxylation is 1. The second-order valence-electron chi connectivity index (χ2n) is 29.9. The number of hydrogen-bond donors (Lipinski definition) is 6. The summed E-state index contributed by atoms with van der Waals surface area (Å²) in [5, 5.41) is 24.4. The largest absolute Gasteiger partial charge is 0.573 e. The maximum absolute atomic E-state index is 15.0. The Morgan fingerprint density at radius 1 is 0.826 bits per heavy atom. The van der Waals surface area contributed by atoms with Crippen LogP contribution in [-0.4, -0.2) is 169 Å². The number of alkyl halides is 3. The number of piperidine rings is 1. The molecule has 0 radical (unpaired) electrons. The number of aliphatic imine (C=N–C) groups is 1. The molecule has 6 fully saturated rings. The Balaban J connectivity index is 1.09. The number of benzene rings is 1. The summed E-state index contributed by atoms with van der Waals surface area (Å²) in [6.45, 7) is 28.3. The van der Waals surface area contributed by atoms with E-state index in [1.54, 1.807) is 12.1 Å². The predicted molar refractivity (Wildman–Crippen MR) is 374 cm³/mol. The molecule has 18 heteroatoms. The lowest BCUT2D eigenvalue weighted by Gasteiger charge is -2.60. The summed E-state index contributed by atoms with van der Waals surface area (Å²) in [7, 11) is 4.33. The average Bonchev–Trinajstić information content (AvgIpc) is 0.868. The van der Waals surface area contributed by atoms with Crippen molar-refractivity contribution in [1.29, 1.82) is 0 Å². The number of carbonyl (C=O) groups is 1. The highest BCUT2D eigenvalue weighted by Crippen LogP contribution is 2.44. The maximum Gasteiger partial charge on any atom is 0.573 e. The highest BCUT2D eigenvalue weighted by atomic mass is 35.5. The number of carbonyl (C=O) groups excluding carboxylic acids is 1. The van der Waals surface area contributed by atoms with Crippen LogP contribution in [-0.2, 0) is 11.2 Å². The zero-order chi connectivity index (χ0) is 66.0. The molecular formula is C74H124ClF3N12O2. The molecule has 92 heavy (non-hydrogen) atoms. The van der Waals surface area contributed by atoms with Gasteiger partial charge in [-0.1, -0.05) is 110 Å². The molecule has 520 valence electrons. The van der Waals surface area contributed by atoms with E-state index in [2.05, 4.69) is 156 Å². The van der Waals surface area contributed by atoms with E-state index >= 15 is 0 Å². The van der Waals surface area contributed by atoms with Gasteiger partial charge in [-0.2, -0.15) is 0 Å². The zero-order valence-corrected chi connectivity index (χ0v) is 59.5. The fourth-order valence-corrected chi connectivity index (χ4v) is 17.1. The summed E-state index contributed by atoms with van der Waals surface area (Å²) >= 11 is 6.34. The highest BCUT2D eigenvalue weighted by Gasteiger charge is 2.56. The molecule has 8 rings (SSSR count). The first kappa shape index (κ1) is 74.0. The maximum atomic E-state index is 15.0. The number of likely N-dealkylation sites (tertiary alicyclic amines) is 1. The molecule has 4 aliphatic heterocycles. The minimum Gasteiger partial charge on any atom is -0.404 e. The fourth-order valence-electron chi connectivity index (χ4n) is 16.9. The van der Waals surface area contributed by atoms with Gasteiger partial charge in [0.05, 0.1) is 17.5 Å². The Morgan fingerprint density at radius 3 is 2.24 bits per heavy atom. The number of halogens is 4. The topological polar surface area (TPSA) is 127 Å². The molecular weight excluding hydrogens is 1180 g/mol. The van der Waals surface area contributed by atoms with Crippen LogP contribution >= 0.6 is 11.6 Å². The molecule has 14 nitrogen and oxygen atoms in total. The smallest absolute Gasteiger partial charge is 0.404 e. The van der Waals surface area contributed by atoms with E-state index in [0.717, 1.165) is 115 Å². The van der Waals surface area contributed by atoms with Gasteiger partial charge in [0.25, 0.3) is 0 Å². The van der Waals surface area contributed by atoms with Gasteiger partial charge in [0, 0.05) is 168 Å². The fraction of sp³-hybridized carbons (Fsp3) is 0.784. The third-order valence-corrected chi connectivity index (χ3v) is 22.8. The standard InChI is InChI=1S/C74H124ClF3N12O2/c1-12-53(4)67-47-83-66(44-52(2)3)55(6)82-48-68-70(72(91)88-40-21-14-22-41-88)58(9)90(68)71(61-26-17-18-27-61)56(7)85-73(34-19-20-35-73)51-80-38-37-79-36-33-62(31-29-60-30-32-69(65(75)46-60)92-74(76,77)78)81-39-43-86(10)49-64(45-59-24-15-13-16-25-59)87(11)50-63-28-23-42-89(63)57(8)54(5)84-67/h30,32-33,36,39,43,46,49-50,52-59,61,66-68,70-71,80-85H,12-29,31,34-35,37-38,40-42,44-45,47-48,51H2,1-11H3/t53-,54?,55?,56?,57-,58?,66-,67+,68?,70-,71+/m0/s1. The summed E-state index contributed by atoms with van der Waals surface area (Å²) < 4.78 is 43.6. The lowest BCUT2D eigenvalue weighted by Crippen LogP contribution is -2.76. The molecule has 7 aliphatic rings. The normalized spacial score (nSPS) is 30.5. The van der Waals surface area contributed by atoms with E-state index in [4.69, 9.17) is 16.6 Å². The number of rotatable bonds is 12. The number of amides is 1. The van der Waals surface area contributed by atoms with Gasteiger partial charge in [0.1, 0.15) is 5.75 Å². The van der Waals surface area contributed by atoms with Crippen LogP contribution in [0, 0.1) is 29.6 Å². The van der Waals surface area contributed by atoms with Gasteiger partial charge in [0.2, 0.25) is 5.91 Å². The van der Waals surface area contributed by atoms with E-state index in [-0.39, 0.29) is 58.8 Å². The second kappa shape index (κ2) is 35.9. The van der Waals surface area contributed by atoms with Crippen molar-refractivity contribution in [3.63, 3.8) is 0 Å². The Kier molecular flexibility index (Phi) is 28.9. The van der Waals surface area contributed by atoms with Gasteiger partial charge in [-0.05, 0) is 166 Å². The summed E-state index contributed by atoms with van der Waals surface area (Å²) in [6.07, 6.45) is 33.7. The van der Waals surface area contributed by atoms with Gasteiger partial charge in [-0.3, -0.25) is 14.7 Å². The number of hydrogen-bond acceptors (Lipinski definition) is 13. The second-order valence-corrected chi connectivity index (χ2v) is 30.3. The van der Waals surface area contributed by atoms with Crippen molar-refractivity contribution in [2.24, 2.45) is 34.6 Å². The van der Waals surface area contributed by atoms with Crippen molar-refractivity contribution < 1.29 is 22.7 Å². The molecule has 1 aromatic carbocycles. The highest BCUT2D eigenvalue weighted by molar-refractivity contribution is 6.32. The number of fused-ring (bicyclic) bond motifs is 2. The van der Waals surface area contributed by atoms with Crippen LogP contribution in [0.1, 0.15) is 209 Å². The Labute approximate surface area is 560 Å².